The Bertz CT molecular complexity index is 739. The molecule has 8 heteroatoms. The molecule has 0 aliphatic carbocycles. The number of benzene rings is 2. The second-order valence-electron chi connectivity index (χ2n) is 3.82. The maximum Gasteiger partial charge on any atom is 0.265 e. The topological polar surface area (TPSA) is 66.4 Å². The highest BCUT2D eigenvalue weighted by Gasteiger charge is 2.21. The van der Waals surface area contributed by atoms with Gasteiger partial charge in [0.1, 0.15) is 10.6 Å². The van der Waals surface area contributed by atoms with E-state index in [2.05, 4.69) is 4.72 Å². The van der Waals surface area contributed by atoms with Crippen molar-refractivity contribution in [2.24, 2.45) is 0 Å². The molecule has 0 atom stereocenters. The molecule has 0 heterocycles. The molecule has 4 nitrogen and oxygen atoms in total. The van der Waals surface area contributed by atoms with Crippen LogP contribution in [0.2, 0.25) is 15.1 Å². The summed E-state index contributed by atoms with van der Waals surface area (Å²) in [6, 6.07) is 8.24. The Hall–Kier alpha value is -1.14. The molecule has 0 aliphatic rings. The highest BCUT2D eigenvalue weighted by Crippen LogP contribution is 2.35. The number of aromatic hydroxyl groups is 1. The van der Waals surface area contributed by atoms with Crippen LogP contribution in [0.1, 0.15) is 0 Å². The maximum absolute atomic E-state index is 12.2. The van der Waals surface area contributed by atoms with E-state index in [0.29, 0.717) is 0 Å². The molecule has 20 heavy (non-hydrogen) atoms. The summed E-state index contributed by atoms with van der Waals surface area (Å²) in [6.07, 6.45) is 0. The van der Waals surface area contributed by atoms with E-state index in [4.69, 9.17) is 34.8 Å². The molecule has 0 saturated carbocycles. The molecule has 0 radical (unpaired) electrons. The van der Waals surface area contributed by atoms with Crippen molar-refractivity contribution in [2.45, 2.75) is 4.90 Å². The zero-order valence-corrected chi connectivity index (χ0v) is 12.9. The van der Waals surface area contributed by atoms with Crippen molar-refractivity contribution in [3.05, 3.63) is 51.5 Å². The van der Waals surface area contributed by atoms with Crippen molar-refractivity contribution in [2.75, 3.05) is 4.72 Å². The standard InChI is InChI=1S/C12H8Cl3NO3S/c13-7-5-8(14)12(9(15)6-7)16-20(18,19)11-4-2-1-3-10(11)17/h1-6,16-17H. The average Bonchev–Trinajstić information content (AvgIpc) is 2.34. The zero-order chi connectivity index (χ0) is 14.9. The van der Waals surface area contributed by atoms with Crippen molar-refractivity contribution in [1.29, 1.82) is 0 Å². The summed E-state index contributed by atoms with van der Waals surface area (Å²) in [5, 5.41) is 10.00. The maximum atomic E-state index is 12.2. The van der Waals surface area contributed by atoms with E-state index < -0.39 is 10.0 Å². The average molecular weight is 353 g/mol. The number of para-hydroxylation sites is 1. The van der Waals surface area contributed by atoms with E-state index in [9.17, 15) is 13.5 Å². The first-order valence-electron chi connectivity index (χ1n) is 5.26. The third-order valence-corrected chi connectivity index (χ3v) is 4.61. The van der Waals surface area contributed by atoms with Gasteiger partial charge in [0.15, 0.2) is 0 Å². The smallest absolute Gasteiger partial charge is 0.265 e. The Morgan fingerprint density at radius 2 is 1.55 bits per heavy atom. The van der Waals surface area contributed by atoms with Gasteiger partial charge in [-0.25, -0.2) is 8.42 Å². The van der Waals surface area contributed by atoms with E-state index in [-0.39, 0.29) is 31.4 Å². The zero-order valence-electron chi connectivity index (χ0n) is 9.77. The first kappa shape index (κ1) is 15.3. The minimum atomic E-state index is -4.01. The lowest BCUT2D eigenvalue weighted by Crippen LogP contribution is -2.13. The quantitative estimate of drug-likeness (QED) is 0.872. The minimum absolute atomic E-state index is 0.000913. The number of phenolic OH excluding ortho intramolecular Hbond substituents is 1. The van der Waals surface area contributed by atoms with Gasteiger partial charge in [-0.3, -0.25) is 4.72 Å². The predicted molar refractivity (Wildman–Crippen MR) is 80.4 cm³/mol. The molecule has 0 saturated heterocycles. The van der Waals surface area contributed by atoms with E-state index in [1.54, 1.807) is 0 Å². The summed E-state index contributed by atoms with van der Waals surface area (Å²) in [7, 11) is -4.01. The molecule has 2 aromatic rings. The number of nitrogens with one attached hydrogen (secondary N) is 1. The van der Waals surface area contributed by atoms with Crippen molar-refractivity contribution < 1.29 is 13.5 Å². The third-order valence-electron chi connectivity index (χ3n) is 2.40. The van der Waals surface area contributed by atoms with Crippen molar-refractivity contribution in [3.63, 3.8) is 0 Å². The van der Waals surface area contributed by atoms with Crippen LogP contribution in [0, 0.1) is 0 Å². The van der Waals surface area contributed by atoms with Gasteiger partial charge in [0.2, 0.25) is 0 Å². The molecule has 0 amide bonds. The Morgan fingerprint density at radius 1 is 1.00 bits per heavy atom. The van der Waals surface area contributed by atoms with Gasteiger partial charge in [-0.2, -0.15) is 0 Å². The highest BCUT2D eigenvalue weighted by molar-refractivity contribution is 7.92. The van der Waals surface area contributed by atoms with Gasteiger partial charge in [0.05, 0.1) is 15.7 Å². The monoisotopic (exact) mass is 351 g/mol. The van der Waals surface area contributed by atoms with Crippen molar-refractivity contribution in [3.8, 4) is 5.75 Å². The number of anilines is 1. The van der Waals surface area contributed by atoms with Crippen LogP contribution in [0.4, 0.5) is 5.69 Å². The van der Waals surface area contributed by atoms with E-state index >= 15 is 0 Å². The molecule has 106 valence electrons. The van der Waals surface area contributed by atoms with E-state index in [1.165, 1.54) is 36.4 Å². The molecule has 2 aromatic carbocycles. The lowest BCUT2D eigenvalue weighted by Gasteiger charge is -2.12. The molecule has 0 bridgehead atoms. The second kappa shape index (κ2) is 5.69. The summed E-state index contributed by atoms with van der Waals surface area (Å²) >= 11 is 17.6. The molecule has 0 aromatic heterocycles. The Labute approximate surface area is 131 Å². The fourth-order valence-electron chi connectivity index (χ4n) is 1.51. The number of phenols is 1. The molecule has 0 aliphatic heterocycles. The van der Waals surface area contributed by atoms with Crippen LogP contribution in [0.5, 0.6) is 5.75 Å². The Morgan fingerprint density at radius 3 is 2.10 bits per heavy atom. The van der Waals surface area contributed by atoms with Crippen LogP contribution in [0.15, 0.2) is 41.3 Å². The summed E-state index contributed by atoms with van der Waals surface area (Å²) in [6.45, 7) is 0. The van der Waals surface area contributed by atoms with Gasteiger partial charge in [-0.15, -0.1) is 0 Å². The molecule has 2 rings (SSSR count). The second-order valence-corrected chi connectivity index (χ2v) is 6.72. The lowest BCUT2D eigenvalue weighted by atomic mass is 10.3. The van der Waals surface area contributed by atoms with Gasteiger partial charge in [0.25, 0.3) is 10.0 Å². The highest BCUT2D eigenvalue weighted by atomic mass is 35.5. The molecule has 2 N–H and O–H groups in total. The Balaban J connectivity index is 2.47. The third kappa shape index (κ3) is 3.12. The minimum Gasteiger partial charge on any atom is -0.507 e. The summed E-state index contributed by atoms with van der Waals surface area (Å²) < 4.78 is 26.6. The van der Waals surface area contributed by atoms with Gasteiger partial charge in [-0.05, 0) is 24.3 Å². The molecular weight excluding hydrogens is 345 g/mol. The van der Waals surface area contributed by atoms with E-state index in [1.807, 2.05) is 0 Å². The fraction of sp³-hybridized carbons (Fsp3) is 0. The first-order chi connectivity index (χ1) is 9.31. The van der Waals surface area contributed by atoms with E-state index in [0.717, 1.165) is 0 Å². The number of sulfonamides is 1. The number of halogens is 3. The van der Waals surface area contributed by atoms with Gasteiger partial charge >= 0.3 is 0 Å². The van der Waals surface area contributed by atoms with Gasteiger partial charge in [-0.1, -0.05) is 46.9 Å². The molecule has 0 fully saturated rings. The number of hydrogen-bond acceptors (Lipinski definition) is 3. The summed E-state index contributed by atoms with van der Waals surface area (Å²) in [5.74, 6) is -0.374. The summed E-state index contributed by atoms with van der Waals surface area (Å²) in [4.78, 5) is -0.276. The lowest BCUT2D eigenvalue weighted by molar-refractivity contribution is 0.459. The van der Waals surface area contributed by atoms with Crippen LogP contribution < -0.4 is 4.72 Å². The largest absolute Gasteiger partial charge is 0.507 e. The van der Waals surface area contributed by atoms with Crippen molar-refractivity contribution in [1.82, 2.24) is 0 Å². The number of hydrogen-bond donors (Lipinski definition) is 2. The SMILES string of the molecule is O=S(=O)(Nc1c(Cl)cc(Cl)cc1Cl)c1ccccc1O. The van der Waals surface area contributed by atoms with Crippen LogP contribution in [0.25, 0.3) is 0 Å². The molecule has 0 unspecified atom stereocenters. The van der Waals surface area contributed by atoms with Gasteiger partial charge < -0.3 is 5.11 Å². The van der Waals surface area contributed by atoms with Gasteiger partial charge in [0, 0.05) is 5.02 Å². The summed E-state index contributed by atoms with van der Waals surface area (Å²) in [5.41, 5.74) is 0.000913. The van der Waals surface area contributed by atoms with Crippen LogP contribution in [-0.4, -0.2) is 13.5 Å². The first-order valence-corrected chi connectivity index (χ1v) is 7.88. The Kier molecular flexibility index (Phi) is 4.34. The van der Waals surface area contributed by atoms with Crippen LogP contribution in [-0.2, 0) is 10.0 Å². The van der Waals surface area contributed by atoms with Crippen LogP contribution >= 0.6 is 34.8 Å². The molecule has 0 spiro atoms. The predicted octanol–water partition coefficient (Wildman–Crippen LogP) is 4.15. The van der Waals surface area contributed by atoms with Crippen molar-refractivity contribution >= 4 is 50.5 Å². The van der Waals surface area contributed by atoms with Crippen LogP contribution in [0.3, 0.4) is 0 Å². The number of rotatable bonds is 3. The fourth-order valence-corrected chi connectivity index (χ4v) is 3.74. The normalized spacial score (nSPS) is 11.3. The molecular formula is C12H8Cl3NO3S.